The van der Waals surface area contributed by atoms with E-state index in [4.69, 9.17) is 11.6 Å². The Morgan fingerprint density at radius 3 is 2.85 bits per heavy atom. The van der Waals surface area contributed by atoms with Gasteiger partial charge in [-0.15, -0.1) is 0 Å². The maximum absolute atomic E-state index is 12.2. The number of nitrogens with one attached hydrogen (secondary N) is 1. The van der Waals surface area contributed by atoms with Crippen molar-refractivity contribution in [2.24, 2.45) is 7.05 Å². The topological polar surface area (TPSA) is 59.8 Å². The number of pyridine rings is 1. The summed E-state index contributed by atoms with van der Waals surface area (Å²) in [5, 5.41) is 3.93. The Balaban J connectivity index is 2.02. The van der Waals surface area contributed by atoms with Crippen molar-refractivity contribution in [3.8, 4) is 0 Å². The number of amides is 1. The number of carbonyl (C=O) groups excluding carboxylic acids is 1. The SMILES string of the molecule is CC[C@H](Sc1nccn1C)C(=O)Nc1ccc(Cl)cn1. The Labute approximate surface area is 126 Å². The molecule has 2 aromatic rings. The van der Waals surface area contributed by atoms with Crippen molar-refractivity contribution in [2.75, 3.05) is 5.32 Å². The van der Waals surface area contributed by atoms with E-state index < -0.39 is 0 Å². The first-order chi connectivity index (χ1) is 9.60. The second kappa shape index (κ2) is 6.76. The van der Waals surface area contributed by atoms with Gasteiger partial charge in [0.1, 0.15) is 5.82 Å². The van der Waals surface area contributed by atoms with Crippen molar-refractivity contribution in [2.45, 2.75) is 23.8 Å². The van der Waals surface area contributed by atoms with E-state index in [1.165, 1.54) is 18.0 Å². The lowest BCUT2D eigenvalue weighted by Crippen LogP contribution is -2.25. The van der Waals surface area contributed by atoms with Gasteiger partial charge < -0.3 is 9.88 Å². The molecule has 20 heavy (non-hydrogen) atoms. The first kappa shape index (κ1) is 14.9. The quantitative estimate of drug-likeness (QED) is 0.863. The van der Waals surface area contributed by atoms with Crippen molar-refractivity contribution >= 4 is 35.1 Å². The van der Waals surface area contributed by atoms with Gasteiger partial charge in [-0.05, 0) is 18.6 Å². The van der Waals surface area contributed by atoms with Gasteiger partial charge in [0.2, 0.25) is 5.91 Å². The third-order valence-electron chi connectivity index (χ3n) is 2.67. The molecule has 2 aromatic heterocycles. The van der Waals surface area contributed by atoms with Crippen LogP contribution in [0, 0.1) is 0 Å². The highest BCUT2D eigenvalue weighted by Gasteiger charge is 2.20. The van der Waals surface area contributed by atoms with Crippen LogP contribution in [0.25, 0.3) is 0 Å². The second-order valence-corrected chi connectivity index (χ2v) is 5.79. The van der Waals surface area contributed by atoms with E-state index in [0.29, 0.717) is 17.3 Å². The van der Waals surface area contributed by atoms with E-state index >= 15 is 0 Å². The Bertz CT molecular complexity index is 584. The van der Waals surface area contributed by atoms with Crippen LogP contribution in [0.5, 0.6) is 0 Å². The molecule has 0 spiro atoms. The molecule has 0 aliphatic heterocycles. The number of aryl methyl sites for hydroxylation is 1. The minimum Gasteiger partial charge on any atom is -0.329 e. The standard InChI is InChI=1S/C13H15ClN4OS/c1-3-10(20-13-15-6-7-18(13)2)12(19)17-11-5-4-9(14)8-16-11/h4-8,10H,3H2,1-2H3,(H,16,17,19)/t10-/m0/s1. The molecule has 106 valence electrons. The minimum atomic E-state index is -0.214. The monoisotopic (exact) mass is 310 g/mol. The van der Waals surface area contributed by atoms with Crippen LogP contribution in [0.1, 0.15) is 13.3 Å². The number of nitrogens with zero attached hydrogens (tertiary/aromatic N) is 3. The Morgan fingerprint density at radius 1 is 1.50 bits per heavy atom. The van der Waals surface area contributed by atoms with Crippen molar-refractivity contribution in [1.82, 2.24) is 14.5 Å². The highest BCUT2D eigenvalue weighted by atomic mass is 35.5. The molecular formula is C13H15ClN4OS. The molecule has 2 heterocycles. The van der Waals surface area contributed by atoms with Gasteiger partial charge in [0, 0.05) is 25.6 Å². The molecule has 0 saturated carbocycles. The van der Waals surface area contributed by atoms with E-state index in [2.05, 4.69) is 15.3 Å². The molecule has 0 saturated heterocycles. The molecule has 0 aliphatic carbocycles. The Kier molecular flexibility index (Phi) is 5.03. The highest BCUT2D eigenvalue weighted by molar-refractivity contribution is 8.00. The maximum Gasteiger partial charge on any atom is 0.239 e. The average molecular weight is 311 g/mol. The number of hydrogen-bond donors (Lipinski definition) is 1. The lowest BCUT2D eigenvalue weighted by atomic mass is 10.3. The zero-order valence-electron chi connectivity index (χ0n) is 11.2. The van der Waals surface area contributed by atoms with E-state index in [1.54, 1.807) is 18.3 Å². The van der Waals surface area contributed by atoms with Crippen LogP contribution in [-0.4, -0.2) is 25.7 Å². The second-order valence-electron chi connectivity index (χ2n) is 4.19. The number of imidazole rings is 1. The van der Waals surface area contributed by atoms with E-state index in [-0.39, 0.29) is 11.2 Å². The number of carbonyl (C=O) groups is 1. The molecule has 0 fully saturated rings. The first-order valence-electron chi connectivity index (χ1n) is 6.16. The summed E-state index contributed by atoms with van der Waals surface area (Å²) in [6, 6.07) is 3.37. The van der Waals surface area contributed by atoms with Crippen LogP contribution in [-0.2, 0) is 11.8 Å². The predicted octanol–water partition coefficient (Wildman–Crippen LogP) is 2.98. The summed E-state index contributed by atoms with van der Waals surface area (Å²) >= 11 is 7.20. The van der Waals surface area contributed by atoms with E-state index in [0.717, 1.165) is 5.16 Å². The summed E-state index contributed by atoms with van der Waals surface area (Å²) in [6.07, 6.45) is 5.78. The smallest absolute Gasteiger partial charge is 0.239 e. The van der Waals surface area contributed by atoms with Crippen LogP contribution in [0.15, 0.2) is 35.9 Å². The van der Waals surface area contributed by atoms with Crippen LogP contribution < -0.4 is 5.32 Å². The summed E-state index contributed by atoms with van der Waals surface area (Å²) in [4.78, 5) is 20.5. The number of halogens is 1. The first-order valence-corrected chi connectivity index (χ1v) is 7.42. The van der Waals surface area contributed by atoms with Gasteiger partial charge in [-0.1, -0.05) is 30.3 Å². The number of hydrogen-bond acceptors (Lipinski definition) is 4. The van der Waals surface area contributed by atoms with Crippen molar-refractivity contribution in [3.05, 3.63) is 35.7 Å². The normalized spacial score (nSPS) is 12.2. The molecular weight excluding hydrogens is 296 g/mol. The molecule has 1 N–H and O–H groups in total. The molecule has 7 heteroatoms. The number of aromatic nitrogens is 3. The van der Waals surface area contributed by atoms with Crippen molar-refractivity contribution in [1.29, 1.82) is 0 Å². The van der Waals surface area contributed by atoms with Gasteiger partial charge in [-0.2, -0.15) is 0 Å². The van der Waals surface area contributed by atoms with Gasteiger partial charge in [-0.3, -0.25) is 4.79 Å². The maximum atomic E-state index is 12.2. The zero-order valence-corrected chi connectivity index (χ0v) is 12.8. The molecule has 1 amide bonds. The van der Waals surface area contributed by atoms with Gasteiger partial charge in [0.15, 0.2) is 5.16 Å². The van der Waals surface area contributed by atoms with E-state index in [9.17, 15) is 4.79 Å². The van der Waals surface area contributed by atoms with E-state index in [1.807, 2.05) is 24.7 Å². The molecule has 5 nitrogen and oxygen atoms in total. The molecule has 0 bridgehead atoms. The third-order valence-corrected chi connectivity index (χ3v) is 4.33. The van der Waals surface area contributed by atoms with Crippen molar-refractivity contribution in [3.63, 3.8) is 0 Å². The zero-order chi connectivity index (χ0) is 14.5. The molecule has 0 aliphatic rings. The largest absolute Gasteiger partial charge is 0.329 e. The Morgan fingerprint density at radius 2 is 2.30 bits per heavy atom. The summed E-state index contributed by atoms with van der Waals surface area (Å²) in [5.74, 6) is 0.411. The van der Waals surface area contributed by atoms with Gasteiger partial charge >= 0.3 is 0 Å². The van der Waals surface area contributed by atoms with Gasteiger partial charge in [0.25, 0.3) is 0 Å². The minimum absolute atomic E-state index is 0.0877. The Hall–Kier alpha value is -1.53. The molecule has 0 aromatic carbocycles. The van der Waals surface area contributed by atoms with Crippen LogP contribution in [0.4, 0.5) is 5.82 Å². The summed E-state index contributed by atoms with van der Waals surface area (Å²) < 4.78 is 1.89. The third kappa shape index (κ3) is 3.74. The number of thioether (sulfide) groups is 1. The fourth-order valence-electron chi connectivity index (χ4n) is 1.57. The van der Waals surface area contributed by atoms with Crippen LogP contribution >= 0.6 is 23.4 Å². The van der Waals surface area contributed by atoms with Crippen molar-refractivity contribution < 1.29 is 4.79 Å². The fraction of sp³-hybridized carbons (Fsp3) is 0.308. The lowest BCUT2D eigenvalue weighted by Gasteiger charge is -2.13. The number of rotatable bonds is 5. The fourth-order valence-corrected chi connectivity index (χ4v) is 2.62. The lowest BCUT2D eigenvalue weighted by molar-refractivity contribution is -0.115. The van der Waals surface area contributed by atoms with Gasteiger partial charge in [-0.25, -0.2) is 9.97 Å². The molecule has 2 rings (SSSR count). The van der Waals surface area contributed by atoms with Crippen LogP contribution in [0.3, 0.4) is 0 Å². The predicted molar refractivity (Wildman–Crippen MR) is 81.0 cm³/mol. The molecule has 1 atom stereocenters. The summed E-state index contributed by atoms with van der Waals surface area (Å²) in [6.45, 7) is 1.97. The van der Waals surface area contributed by atoms with Gasteiger partial charge in [0.05, 0.1) is 10.3 Å². The van der Waals surface area contributed by atoms with Crippen LogP contribution in [0.2, 0.25) is 5.02 Å². The number of anilines is 1. The highest BCUT2D eigenvalue weighted by Crippen LogP contribution is 2.24. The average Bonchev–Trinajstić information content (AvgIpc) is 2.84. The summed E-state index contributed by atoms with van der Waals surface area (Å²) in [5.41, 5.74) is 0. The molecule has 0 unspecified atom stereocenters. The summed E-state index contributed by atoms with van der Waals surface area (Å²) in [7, 11) is 1.90. The molecule has 0 radical (unpaired) electrons.